The first-order valence-corrected chi connectivity index (χ1v) is 8.27. The molecule has 0 fully saturated rings. The molecule has 4 nitrogen and oxygen atoms in total. The van der Waals surface area contributed by atoms with Crippen LogP contribution in [-0.2, 0) is 12.8 Å². The van der Waals surface area contributed by atoms with E-state index in [2.05, 4.69) is 21.4 Å². The van der Waals surface area contributed by atoms with Crippen LogP contribution in [-0.4, -0.2) is 22.1 Å². The number of anilines is 1. The fraction of sp³-hybridized carbons (Fsp3) is 0.294. The van der Waals surface area contributed by atoms with Crippen LogP contribution in [0.5, 0.6) is 5.75 Å². The molecule has 0 unspecified atom stereocenters. The maximum Gasteiger partial charge on any atom is 0.125 e. The van der Waals surface area contributed by atoms with Crippen molar-refractivity contribution in [1.29, 1.82) is 0 Å². The highest BCUT2D eigenvalue weighted by atomic mass is 32.1. The Hall–Kier alpha value is -2.14. The van der Waals surface area contributed by atoms with Gasteiger partial charge in [-0.15, -0.1) is 11.3 Å². The maximum absolute atomic E-state index is 9.49. The highest BCUT2D eigenvalue weighted by Crippen LogP contribution is 2.26. The van der Waals surface area contributed by atoms with Gasteiger partial charge >= 0.3 is 0 Å². The van der Waals surface area contributed by atoms with Gasteiger partial charge in [0.05, 0.1) is 15.2 Å². The fourth-order valence-corrected chi connectivity index (χ4v) is 3.44. The molecule has 2 aromatic heterocycles. The number of aryl methyl sites for hydroxylation is 2. The quantitative estimate of drug-likeness (QED) is 0.675. The summed E-state index contributed by atoms with van der Waals surface area (Å²) in [6.07, 6.45) is 6.21. The largest absolute Gasteiger partial charge is 0.508 e. The Morgan fingerprint density at radius 3 is 2.77 bits per heavy atom. The molecule has 5 heteroatoms. The zero-order valence-electron chi connectivity index (χ0n) is 12.5. The predicted molar refractivity (Wildman–Crippen MR) is 91.7 cm³/mol. The normalized spacial score (nSPS) is 11.0. The minimum atomic E-state index is 0.306. The van der Waals surface area contributed by atoms with Crippen molar-refractivity contribution in [3.63, 3.8) is 0 Å². The van der Waals surface area contributed by atoms with Crippen molar-refractivity contribution in [2.24, 2.45) is 0 Å². The number of nitrogens with one attached hydrogen (secondary N) is 1. The third-order valence-corrected chi connectivity index (χ3v) is 4.68. The van der Waals surface area contributed by atoms with Crippen LogP contribution in [0.1, 0.15) is 23.4 Å². The number of benzene rings is 1. The lowest BCUT2D eigenvalue weighted by atomic mass is 10.1. The number of aromatic hydroxyl groups is 1. The Morgan fingerprint density at radius 1 is 1.14 bits per heavy atom. The first-order chi connectivity index (χ1) is 10.7. The minimum absolute atomic E-state index is 0.306. The molecular weight excluding hydrogens is 294 g/mol. The number of phenolic OH excluding ortho intramolecular Hbond substituents is 1. The summed E-state index contributed by atoms with van der Waals surface area (Å²) in [6.45, 7) is 0. The lowest BCUT2D eigenvalue weighted by Crippen LogP contribution is -1.94. The number of pyridine rings is 1. The summed E-state index contributed by atoms with van der Waals surface area (Å²) in [4.78, 5) is 8.93. The van der Waals surface area contributed by atoms with Crippen molar-refractivity contribution in [3.8, 4) is 5.75 Å². The molecule has 0 saturated heterocycles. The second-order valence-corrected chi connectivity index (χ2v) is 6.38. The third kappa shape index (κ3) is 3.54. The first-order valence-electron chi connectivity index (χ1n) is 7.46. The van der Waals surface area contributed by atoms with Crippen LogP contribution in [0.4, 0.5) is 5.82 Å². The lowest BCUT2D eigenvalue weighted by Gasteiger charge is -2.02. The topological polar surface area (TPSA) is 58.0 Å². The molecule has 114 valence electrons. The number of fused-ring (bicyclic) bond motifs is 1. The molecule has 0 saturated carbocycles. The van der Waals surface area contributed by atoms with Crippen molar-refractivity contribution >= 4 is 27.4 Å². The van der Waals surface area contributed by atoms with Crippen molar-refractivity contribution in [3.05, 3.63) is 47.1 Å². The number of thiazole rings is 1. The zero-order chi connectivity index (χ0) is 15.4. The van der Waals surface area contributed by atoms with E-state index in [-0.39, 0.29) is 0 Å². The van der Waals surface area contributed by atoms with Gasteiger partial charge in [-0.2, -0.15) is 0 Å². The van der Waals surface area contributed by atoms with E-state index in [0.717, 1.165) is 46.7 Å². The molecule has 2 heterocycles. The van der Waals surface area contributed by atoms with E-state index in [0.29, 0.717) is 5.75 Å². The van der Waals surface area contributed by atoms with Crippen molar-refractivity contribution < 1.29 is 5.11 Å². The summed E-state index contributed by atoms with van der Waals surface area (Å²) >= 11 is 1.67. The van der Waals surface area contributed by atoms with E-state index < -0.39 is 0 Å². The van der Waals surface area contributed by atoms with Gasteiger partial charge in [-0.25, -0.2) is 9.97 Å². The molecule has 0 atom stereocenters. The molecule has 22 heavy (non-hydrogen) atoms. The van der Waals surface area contributed by atoms with Crippen LogP contribution in [0.2, 0.25) is 0 Å². The first kappa shape index (κ1) is 14.8. The van der Waals surface area contributed by atoms with Gasteiger partial charge in [0.25, 0.3) is 0 Å². The van der Waals surface area contributed by atoms with E-state index in [1.165, 1.54) is 5.56 Å². The van der Waals surface area contributed by atoms with E-state index in [1.54, 1.807) is 23.5 Å². The van der Waals surface area contributed by atoms with Gasteiger partial charge in [0, 0.05) is 13.2 Å². The SMILES string of the molecule is CNc1ccc(CCCCc2nc3ccc(O)cc3s2)cn1. The number of hydrogen-bond donors (Lipinski definition) is 2. The van der Waals surface area contributed by atoms with Gasteiger partial charge in [0.2, 0.25) is 0 Å². The zero-order valence-corrected chi connectivity index (χ0v) is 13.4. The summed E-state index contributed by atoms with van der Waals surface area (Å²) in [5, 5.41) is 13.7. The Kier molecular flexibility index (Phi) is 4.53. The standard InChI is InChI=1S/C17H19N3OS/c1-18-16-9-6-12(11-19-16)4-2-3-5-17-20-14-8-7-13(21)10-15(14)22-17/h6-11,21H,2-5H2,1H3,(H,18,19). The summed E-state index contributed by atoms with van der Waals surface area (Å²) in [6, 6.07) is 9.48. The van der Waals surface area contributed by atoms with Crippen LogP contribution in [0.15, 0.2) is 36.5 Å². The molecular formula is C17H19N3OS. The summed E-state index contributed by atoms with van der Waals surface area (Å²) in [5.41, 5.74) is 2.25. The van der Waals surface area contributed by atoms with Crippen LogP contribution >= 0.6 is 11.3 Å². The molecule has 0 bridgehead atoms. The van der Waals surface area contributed by atoms with Crippen molar-refractivity contribution in [2.45, 2.75) is 25.7 Å². The molecule has 3 aromatic rings. The number of phenols is 1. The molecule has 0 aliphatic carbocycles. The van der Waals surface area contributed by atoms with E-state index >= 15 is 0 Å². The summed E-state index contributed by atoms with van der Waals surface area (Å²) < 4.78 is 1.06. The molecule has 0 amide bonds. The lowest BCUT2D eigenvalue weighted by molar-refractivity contribution is 0.476. The third-order valence-electron chi connectivity index (χ3n) is 3.60. The number of hydrogen-bond acceptors (Lipinski definition) is 5. The van der Waals surface area contributed by atoms with Crippen LogP contribution in [0.25, 0.3) is 10.2 Å². The summed E-state index contributed by atoms with van der Waals surface area (Å²) in [5.74, 6) is 1.21. The minimum Gasteiger partial charge on any atom is -0.508 e. The number of unbranched alkanes of at least 4 members (excludes halogenated alkanes) is 1. The number of nitrogens with zero attached hydrogens (tertiary/aromatic N) is 2. The second-order valence-electron chi connectivity index (χ2n) is 5.27. The van der Waals surface area contributed by atoms with Gasteiger partial charge in [-0.1, -0.05) is 6.07 Å². The Bertz CT molecular complexity index is 752. The predicted octanol–water partition coefficient (Wildman–Crippen LogP) is 4.00. The van der Waals surface area contributed by atoms with Crippen LogP contribution in [0, 0.1) is 0 Å². The van der Waals surface area contributed by atoms with E-state index in [9.17, 15) is 5.11 Å². The Morgan fingerprint density at radius 2 is 2.00 bits per heavy atom. The number of aromatic nitrogens is 2. The molecule has 0 aliphatic heterocycles. The molecule has 3 rings (SSSR count). The van der Waals surface area contributed by atoms with E-state index in [1.807, 2.05) is 25.4 Å². The van der Waals surface area contributed by atoms with Gasteiger partial charge in [0.15, 0.2) is 0 Å². The molecule has 0 spiro atoms. The molecule has 0 aliphatic rings. The van der Waals surface area contributed by atoms with Crippen molar-refractivity contribution in [2.75, 3.05) is 12.4 Å². The average Bonchev–Trinajstić information content (AvgIpc) is 2.94. The van der Waals surface area contributed by atoms with Crippen LogP contribution in [0.3, 0.4) is 0 Å². The van der Waals surface area contributed by atoms with Gasteiger partial charge in [0.1, 0.15) is 11.6 Å². The second kappa shape index (κ2) is 6.75. The van der Waals surface area contributed by atoms with Gasteiger partial charge in [-0.3, -0.25) is 0 Å². The smallest absolute Gasteiger partial charge is 0.125 e. The highest BCUT2D eigenvalue weighted by Gasteiger charge is 2.04. The summed E-state index contributed by atoms with van der Waals surface area (Å²) in [7, 11) is 1.87. The molecule has 2 N–H and O–H groups in total. The number of rotatable bonds is 6. The monoisotopic (exact) mass is 313 g/mol. The fourth-order valence-electron chi connectivity index (χ4n) is 2.39. The Labute approximate surface area is 133 Å². The van der Waals surface area contributed by atoms with Crippen LogP contribution < -0.4 is 5.32 Å². The maximum atomic E-state index is 9.49. The highest BCUT2D eigenvalue weighted by molar-refractivity contribution is 7.18. The Balaban J connectivity index is 1.51. The van der Waals surface area contributed by atoms with E-state index in [4.69, 9.17) is 0 Å². The molecule has 1 aromatic carbocycles. The van der Waals surface area contributed by atoms with Crippen molar-refractivity contribution in [1.82, 2.24) is 9.97 Å². The average molecular weight is 313 g/mol. The molecule has 0 radical (unpaired) electrons. The van der Waals surface area contributed by atoms with Gasteiger partial charge < -0.3 is 10.4 Å². The van der Waals surface area contributed by atoms with Gasteiger partial charge in [-0.05, 0) is 55.5 Å².